The van der Waals surface area contributed by atoms with Crippen LogP contribution in [0.4, 0.5) is 0 Å². The highest BCUT2D eigenvalue weighted by Crippen LogP contribution is 2.26. The van der Waals surface area contributed by atoms with E-state index in [2.05, 4.69) is 16.6 Å². The summed E-state index contributed by atoms with van der Waals surface area (Å²) in [6.07, 6.45) is 2.08. The van der Waals surface area contributed by atoms with Gasteiger partial charge in [0.05, 0.1) is 11.1 Å². The number of hydrogen-bond acceptors (Lipinski definition) is 3. The van der Waals surface area contributed by atoms with Crippen LogP contribution in [-0.2, 0) is 17.8 Å². The zero-order valence-electron chi connectivity index (χ0n) is 12.7. The minimum atomic E-state index is -0.102. The Balaban J connectivity index is 2.39. The summed E-state index contributed by atoms with van der Waals surface area (Å²) in [7, 11) is 1.73. The summed E-state index contributed by atoms with van der Waals surface area (Å²) >= 11 is 6.29. The predicted molar refractivity (Wildman–Crippen MR) is 81.3 cm³/mol. The number of halogens is 1. The van der Waals surface area contributed by atoms with Crippen molar-refractivity contribution in [1.82, 2.24) is 19.3 Å². The van der Waals surface area contributed by atoms with Crippen molar-refractivity contribution < 1.29 is 4.74 Å². The van der Waals surface area contributed by atoms with Crippen LogP contribution in [0.5, 0.6) is 0 Å². The van der Waals surface area contributed by atoms with E-state index in [4.69, 9.17) is 21.3 Å². The maximum Gasteiger partial charge on any atom is 0.158 e. The smallest absolute Gasteiger partial charge is 0.158 e. The first-order chi connectivity index (χ1) is 9.60. The van der Waals surface area contributed by atoms with E-state index < -0.39 is 0 Å². The second-order valence-corrected chi connectivity index (χ2v) is 5.67. The van der Waals surface area contributed by atoms with Crippen molar-refractivity contribution in [3.8, 4) is 0 Å². The molecule has 2 rings (SSSR count). The van der Waals surface area contributed by atoms with E-state index in [0.29, 0.717) is 0 Å². The van der Waals surface area contributed by atoms with Gasteiger partial charge in [-0.25, -0.2) is 9.67 Å². The van der Waals surface area contributed by atoms with Gasteiger partial charge in [0.1, 0.15) is 11.3 Å². The standard InChI is InChI=1S/C14H23ClN4O/c1-5-19-14-12(11(3)17-19)16-13(10(2)15)18(14)8-6-7-9-20-4/h10H,5-9H2,1-4H3. The zero-order chi connectivity index (χ0) is 14.7. The van der Waals surface area contributed by atoms with Gasteiger partial charge in [-0.1, -0.05) is 0 Å². The van der Waals surface area contributed by atoms with Gasteiger partial charge in [-0.05, 0) is 33.6 Å². The fourth-order valence-corrected chi connectivity index (χ4v) is 2.67. The van der Waals surface area contributed by atoms with Crippen LogP contribution in [0.2, 0.25) is 0 Å². The SMILES string of the molecule is CCn1nc(C)c2nc(C(C)Cl)n(CCCCOC)c21. The first-order valence-electron chi connectivity index (χ1n) is 7.16. The van der Waals surface area contributed by atoms with Crippen LogP contribution in [0.1, 0.15) is 43.6 Å². The molecule has 0 saturated heterocycles. The van der Waals surface area contributed by atoms with E-state index in [1.807, 2.05) is 18.5 Å². The molecule has 0 fully saturated rings. The molecule has 0 N–H and O–H groups in total. The quantitative estimate of drug-likeness (QED) is 0.582. The maximum atomic E-state index is 6.29. The van der Waals surface area contributed by atoms with Crippen molar-refractivity contribution >= 4 is 22.8 Å². The maximum absolute atomic E-state index is 6.29. The van der Waals surface area contributed by atoms with Crippen LogP contribution in [0.3, 0.4) is 0 Å². The van der Waals surface area contributed by atoms with E-state index in [0.717, 1.165) is 55.2 Å². The molecular weight excluding hydrogens is 276 g/mol. The summed E-state index contributed by atoms with van der Waals surface area (Å²) < 4.78 is 9.33. The highest BCUT2D eigenvalue weighted by molar-refractivity contribution is 6.20. The molecule has 2 aromatic heterocycles. The molecule has 20 heavy (non-hydrogen) atoms. The first kappa shape index (κ1) is 15.3. The molecule has 0 spiro atoms. The highest BCUT2D eigenvalue weighted by atomic mass is 35.5. The lowest BCUT2D eigenvalue weighted by molar-refractivity contribution is 0.191. The Hall–Kier alpha value is -1.07. The molecule has 1 atom stereocenters. The van der Waals surface area contributed by atoms with Crippen molar-refractivity contribution in [1.29, 1.82) is 0 Å². The van der Waals surface area contributed by atoms with E-state index in [1.54, 1.807) is 7.11 Å². The fraction of sp³-hybridized carbons (Fsp3) is 0.714. The van der Waals surface area contributed by atoms with Gasteiger partial charge >= 0.3 is 0 Å². The normalized spacial score (nSPS) is 13.2. The number of imidazole rings is 1. The van der Waals surface area contributed by atoms with E-state index >= 15 is 0 Å². The Morgan fingerprint density at radius 1 is 1.35 bits per heavy atom. The molecule has 1 unspecified atom stereocenters. The molecule has 112 valence electrons. The topological polar surface area (TPSA) is 44.9 Å². The molecule has 0 amide bonds. The van der Waals surface area contributed by atoms with Crippen LogP contribution < -0.4 is 0 Å². The first-order valence-corrected chi connectivity index (χ1v) is 7.60. The average Bonchev–Trinajstić information content (AvgIpc) is 2.93. The number of unbranched alkanes of at least 4 members (excludes halogenated alkanes) is 1. The summed E-state index contributed by atoms with van der Waals surface area (Å²) in [4.78, 5) is 4.70. The molecule has 0 aliphatic carbocycles. The van der Waals surface area contributed by atoms with Gasteiger partial charge in [0, 0.05) is 26.8 Å². The van der Waals surface area contributed by atoms with Crippen molar-refractivity contribution in [2.45, 2.75) is 52.1 Å². The zero-order valence-corrected chi connectivity index (χ0v) is 13.4. The van der Waals surface area contributed by atoms with E-state index in [9.17, 15) is 0 Å². The number of ether oxygens (including phenoxy) is 1. The number of alkyl halides is 1. The van der Waals surface area contributed by atoms with Crippen LogP contribution in [-0.4, -0.2) is 33.0 Å². The van der Waals surface area contributed by atoms with Crippen molar-refractivity contribution in [2.75, 3.05) is 13.7 Å². The third kappa shape index (κ3) is 2.83. The summed E-state index contributed by atoms with van der Waals surface area (Å²) in [5, 5.41) is 4.44. The molecule has 0 saturated carbocycles. The van der Waals surface area contributed by atoms with Gasteiger partial charge in [0.2, 0.25) is 0 Å². The van der Waals surface area contributed by atoms with Crippen molar-refractivity contribution in [3.63, 3.8) is 0 Å². The monoisotopic (exact) mass is 298 g/mol. The molecule has 2 heterocycles. The minimum Gasteiger partial charge on any atom is -0.385 e. The van der Waals surface area contributed by atoms with Crippen LogP contribution >= 0.6 is 11.6 Å². The highest BCUT2D eigenvalue weighted by Gasteiger charge is 2.20. The Morgan fingerprint density at radius 2 is 2.10 bits per heavy atom. The van der Waals surface area contributed by atoms with Gasteiger partial charge in [-0.3, -0.25) is 0 Å². The number of methoxy groups -OCH3 is 1. The Morgan fingerprint density at radius 3 is 2.70 bits per heavy atom. The average molecular weight is 299 g/mol. The molecule has 0 aliphatic rings. The fourth-order valence-electron chi connectivity index (χ4n) is 2.50. The van der Waals surface area contributed by atoms with Gasteiger partial charge in [0.25, 0.3) is 0 Å². The summed E-state index contributed by atoms with van der Waals surface area (Å²) in [5.41, 5.74) is 3.03. The number of hydrogen-bond donors (Lipinski definition) is 0. The lowest BCUT2D eigenvalue weighted by atomic mass is 10.3. The number of fused-ring (bicyclic) bond motifs is 1. The number of aryl methyl sites for hydroxylation is 3. The van der Waals surface area contributed by atoms with Crippen LogP contribution in [0, 0.1) is 6.92 Å². The second-order valence-electron chi connectivity index (χ2n) is 5.01. The third-order valence-electron chi connectivity index (χ3n) is 3.46. The summed E-state index contributed by atoms with van der Waals surface area (Å²) in [6, 6.07) is 0. The molecule has 0 aromatic carbocycles. The van der Waals surface area contributed by atoms with E-state index in [1.165, 1.54) is 0 Å². The molecule has 0 bridgehead atoms. The molecule has 6 heteroatoms. The molecule has 0 radical (unpaired) electrons. The van der Waals surface area contributed by atoms with Gasteiger partial charge in [-0.2, -0.15) is 5.10 Å². The van der Waals surface area contributed by atoms with Crippen LogP contribution in [0.25, 0.3) is 11.2 Å². The van der Waals surface area contributed by atoms with E-state index in [-0.39, 0.29) is 5.38 Å². The number of nitrogens with zero attached hydrogens (tertiary/aromatic N) is 4. The molecular formula is C14H23ClN4O. The van der Waals surface area contributed by atoms with Crippen molar-refractivity contribution in [2.24, 2.45) is 0 Å². The minimum absolute atomic E-state index is 0.102. The Labute approximate surface area is 124 Å². The Bertz CT molecular complexity index is 573. The van der Waals surface area contributed by atoms with Gasteiger partial charge in [-0.15, -0.1) is 11.6 Å². The van der Waals surface area contributed by atoms with Crippen molar-refractivity contribution in [3.05, 3.63) is 11.5 Å². The summed E-state index contributed by atoms with van der Waals surface area (Å²) in [5.74, 6) is 0.932. The predicted octanol–water partition coefficient (Wildman–Crippen LogP) is 3.29. The lowest BCUT2D eigenvalue weighted by Crippen LogP contribution is -2.10. The second kappa shape index (κ2) is 6.59. The molecule has 5 nitrogen and oxygen atoms in total. The van der Waals surface area contributed by atoms with Gasteiger partial charge < -0.3 is 9.30 Å². The summed E-state index contributed by atoms with van der Waals surface area (Å²) in [6.45, 7) is 8.59. The molecule has 0 aliphatic heterocycles. The number of rotatable bonds is 7. The van der Waals surface area contributed by atoms with Crippen LogP contribution in [0.15, 0.2) is 0 Å². The number of aromatic nitrogens is 4. The lowest BCUT2D eigenvalue weighted by Gasteiger charge is -2.11. The third-order valence-corrected chi connectivity index (χ3v) is 3.66. The van der Waals surface area contributed by atoms with Gasteiger partial charge in [0.15, 0.2) is 5.65 Å². The Kier molecular flexibility index (Phi) is 5.05. The largest absolute Gasteiger partial charge is 0.385 e. The molecule has 2 aromatic rings.